The van der Waals surface area contributed by atoms with Crippen molar-refractivity contribution in [3.05, 3.63) is 63.9 Å². The Hall–Kier alpha value is -1.65. The summed E-state index contributed by atoms with van der Waals surface area (Å²) >= 11 is 9.38. The van der Waals surface area contributed by atoms with E-state index in [1.807, 2.05) is 60.0 Å². The second kappa shape index (κ2) is 5.38. The molecule has 5 heteroatoms. The fraction of sp³-hybridized carbons (Fsp3) is 0.0667. The molecule has 100 valence electrons. The molecule has 0 radical (unpaired) electrons. The topological polar surface area (TPSA) is 30.7 Å². The van der Waals surface area contributed by atoms with Crippen LogP contribution in [0.2, 0.25) is 5.02 Å². The molecule has 3 aromatic rings. The summed E-state index contributed by atoms with van der Waals surface area (Å²) in [4.78, 5) is 0. The lowest BCUT2D eigenvalue weighted by Gasteiger charge is -2.09. The molecule has 0 saturated carbocycles. The zero-order valence-corrected chi connectivity index (χ0v) is 13.1. The van der Waals surface area contributed by atoms with Crippen molar-refractivity contribution < 1.29 is 0 Å². The Morgan fingerprint density at radius 3 is 2.25 bits per heavy atom. The highest BCUT2D eigenvalue weighted by Crippen LogP contribution is 2.24. The van der Waals surface area contributed by atoms with Crippen LogP contribution in [0.5, 0.6) is 0 Å². The molecule has 0 aliphatic carbocycles. The average Bonchev–Trinajstić information content (AvgIpc) is 2.83. The van der Waals surface area contributed by atoms with Crippen LogP contribution in [0.1, 0.15) is 5.82 Å². The van der Waals surface area contributed by atoms with E-state index < -0.39 is 0 Å². The van der Waals surface area contributed by atoms with Crippen LogP contribution < -0.4 is 0 Å². The molecule has 0 amide bonds. The van der Waals surface area contributed by atoms with E-state index in [1.54, 1.807) is 0 Å². The molecule has 2 aromatic carbocycles. The van der Waals surface area contributed by atoms with E-state index >= 15 is 0 Å². The van der Waals surface area contributed by atoms with E-state index in [4.69, 9.17) is 11.6 Å². The van der Waals surface area contributed by atoms with Crippen LogP contribution >= 0.6 is 27.5 Å². The SMILES string of the molecule is Cc1nnc(-c2ccc(Br)cc2)n1-c1ccc(Cl)cc1. The van der Waals surface area contributed by atoms with Crippen LogP contribution in [0.15, 0.2) is 53.0 Å². The summed E-state index contributed by atoms with van der Waals surface area (Å²) < 4.78 is 3.05. The summed E-state index contributed by atoms with van der Waals surface area (Å²) in [7, 11) is 0. The summed E-state index contributed by atoms with van der Waals surface area (Å²) in [5.41, 5.74) is 2.01. The van der Waals surface area contributed by atoms with Gasteiger partial charge in [0.05, 0.1) is 0 Å². The summed E-state index contributed by atoms with van der Waals surface area (Å²) in [6.07, 6.45) is 0. The van der Waals surface area contributed by atoms with Crippen molar-refractivity contribution in [1.82, 2.24) is 14.8 Å². The molecule has 1 aromatic heterocycles. The highest BCUT2D eigenvalue weighted by Gasteiger charge is 2.12. The predicted octanol–water partition coefficient (Wildman–Crippen LogP) is 4.66. The molecular formula is C15H11BrClN3. The smallest absolute Gasteiger partial charge is 0.168 e. The van der Waals surface area contributed by atoms with Gasteiger partial charge in [-0.2, -0.15) is 0 Å². The van der Waals surface area contributed by atoms with Crippen LogP contribution in [-0.4, -0.2) is 14.8 Å². The molecule has 0 fully saturated rings. The van der Waals surface area contributed by atoms with Crippen molar-refractivity contribution in [2.75, 3.05) is 0 Å². The number of aromatic nitrogens is 3. The molecule has 1 heterocycles. The summed E-state index contributed by atoms with van der Waals surface area (Å²) in [5, 5.41) is 9.17. The number of halogens is 2. The van der Waals surface area contributed by atoms with Crippen LogP contribution in [0, 0.1) is 6.92 Å². The number of nitrogens with zero attached hydrogens (tertiary/aromatic N) is 3. The number of hydrogen-bond donors (Lipinski definition) is 0. The van der Waals surface area contributed by atoms with Gasteiger partial charge in [0.25, 0.3) is 0 Å². The molecule has 0 bridgehead atoms. The molecule has 0 saturated heterocycles. The maximum atomic E-state index is 5.94. The minimum atomic E-state index is 0.713. The van der Waals surface area contributed by atoms with Crippen molar-refractivity contribution in [3.63, 3.8) is 0 Å². The summed E-state index contributed by atoms with van der Waals surface area (Å²) in [5.74, 6) is 1.66. The monoisotopic (exact) mass is 347 g/mol. The predicted molar refractivity (Wildman–Crippen MR) is 84.2 cm³/mol. The first-order chi connectivity index (χ1) is 9.65. The van der Waals surface area contributed by atoms with Gasteiger partial charge in [-0.15, -0.1) is 10.2 Å². The van der Waals surface area contributed by atoms with Gasteiger partial charge in [-0.1, -0.05) is 39.7 Å². The molecule has 0 N–H and O–H groups in total. The number of hydrogen-bond acceptors (Lipinski definition) is 2. The van der Waals surface area contributed by atoms with Crippen LogP contribution in [-0.2, 0) is 0 Å². The first-order valence-corrected chi connectivity index (χ1v) is 7.26. The van der Waals surface area contributed by atoms with Gasteiger partial charge in [-0.25, -0.2) is 0 Å². The number of aryl methyl sites for hydroxylation is 1. The largest absolute Gasteiger partial charge is 0.279 e. The number of rotatable bonds is 2. The molecule has 0 unspecified atom stereocenters. The van der Waals surface area contributed by atoms with Gasteiger partial charge >= 0.3 is 0 Å². The Morgan fingerprint density at radius 2 is 1.60 bits per heavy atom. The Balaban J connectivity index is 2.14. The van der Waals surface area contributed by atoms with Gasteiger partial charge in [-0.05, 0) is 43.3 Å². The van der Waals surface area contributed by atoms with Crippen LogP contribution in [0.3, 0.4) is 0 Å². The van der Waals surface area contributed by atoms with Crippen molar-refractivity contribution in [1.29, 1.82) is 0 Å². The Morgan fingerprint density at radius 1 is 0.950 bits per heavy atom. The second-order valence-corrected chi connectivity index (χ2v) is 5.74. The minimum Gasteiger partial charge on any atom is -0.279 e. The van der Waals surface area contributed by atoms with Gasteiger partial charge in [0.1, 0.15) is 5.82 Å². The molecule has 20 heavy (non-hydrogen) atoms. The molecule has 0 spiro atoms. The van der Waals surface area contributed by atoms with E-state index in [1.165, 1.54) is 0 Å². The molecule has 3 rings (SSSR count). The van der Waals surface area contributed by atoms with E-state index in [-0.39, 0.29) is 0 Å². The second-order valence-electron chi connectivity index (χ2n) is 4.39. The minimum absolute atomic E-state index is 0.713. The molecular weight excluding hydrogens is 338 g/mol. The van der Waals surface area contributed by atoms with Gasteiger partial charge in [0.15, 0.2) is 5.82 Å². The average molecular weight is 349 g/mol. The van der Waals surface area contributed by atoms with Gasteiger partial charge < -0.3 is 0 Å². The zero-order valence-electron chi connectivity index (χ0n) is 10.7. The van der Waals surface area contributed by atoms with Crippen molar-refractivity contribution >= 4 is 27.5 Å². The van der Waals surface area contributed by atoms with E-state index in [2.05, 4.69) is 26.1 Å². The van der Waals surface area contributed by atoms with E-state index in [0.717, 1.165) is 27.4 Å². The third-order valence-corrected chi connectivity index (χ3v) is 3.79. The van der Waals surface area contributed by atoms with Gasteiger partial charge in [0.2, 0.25) is 0 Å². The maximum absolute atomic E-state index is 5.94. The van der Waals surface area contributed by atoms with Crippen LogP contribution in [0.4, 0.5) is 0 Å². The Labute approximate surface area is 130 Å². The third-order valence-electron chi connectivity index (χ3n) is 3.01. The van der Waals surface area contributed by atoms with Crippen molar-refractivity contribution in [3.8, 4) is 17.1 Å². The maximum Gasteiger partial charge on any atom is 0.168 e. The van der Waals surface area contributed by atoms with E-state index in [0.29, 0.717) is 5.02 Å². The van der Waals surface area contributed by atoms with Crippen LogP contribution in [0.25, 0.3) is 17.1 Å². The summed E-state index contributed by atoms with van der Waals surface area (Å²) in [6.45, 7) is 1.93. The lowest BCUT2D eigenvalue weighted by Crippen LogP contribution is -1.99. The normalized spacial score (nSPS) is 10.8. The fourth-order valence-corrected chi connectivity index (χ4v) is 2.44. The molecule has 3 nitrogen and oxygen atoms in total. The van der Waals surface area contributed by atoms with Crippen molar-refractivity contribution in [2.45, 2.75) is 6.92 Å². The number of benzene rings is 2. The highest BCUT2D eigenvalue weighted by molar-refractivity contribution is 9.10. The quantitative estimate of drug-likeness (QED) is 0.674. The lowest BCUT2D eigenvalue weighted by atomic mass is 10.2. The lowest BCUT2D eigenvalue weighted by molar-refractivity contribution is 0.972. The molecule has 0 aliphatic rings. The van der Waals surface area contributed by atoms with Gasteiger partial charge in [0, 0.05) is 20.7 Å². The zero-order chi connectivity index (χ0) is 14.1. The first kappa shape index (κ1) is 13.3. The third kappa shape index (κ3) is 2.49. The first-order valence-electron chi connectivity index (χ1n) is 6.09. The molecule has 0 atom stereocenters. The summed E-state index contributed by atoms with van der Waals surface area (Å²) in [6, 6.07) is 15.7. The van der Waals surface area contributed by atoms with E-state index in [9.17, 15) is 0 Å². The Bertz CT molecular complexity index is 733. The Kier molecular flexibility index (Phi) is 3.59. The fourth-order valence-electron chi connectivity index (χ4n) is 2.05. The highest BCUT2D eigenvalue weighted by atomic mass is 79.9. The van der Waals surface area contributed by atoms with Crippen molar-refractivity contribution in [2.24, 2.45) is 0 Å². The van der Waals surface area contributed by atoms with Gasteiger partial charge in [-0.3, -0.25) is 4.57 Å². The standard InChI is InChI=1S/C15H11BrClN3/c1-10-18-19-15(11-2-4-12(16)5-3-11)20(10)14-8-6-13(17)7-9-14/h2-9H,1H3. The molecule has 0 aliphatic heterocycles.